The van der Waals surface area contributed by atoms with Gasteiger partial charge in [-0.25, -0.2) is 0 Å². The van der Waals surface area contributed by atoms with Crippen LogP contribution in [0.1, 0.15) is 19.4 Å². The Morgan fingerprint density at radius 1 is 1.03 bits per heavy atom. The van der Waals surface area contributed by atoms with Crippen LogP contribution in [0.5, 0.6) is 5.75 Å². The molecule has 0 bridgehead atoms. The van der Waals surface area contributed by atoms with Crippen LogP contribution in [-0.4, -0.2) is 64.1 Å². The summed E-state index contributed by atoms with van der Waals surface area (Å²) in [5, 5.41) is 9.56. The van der Waals surface area contributed by atoms with Crippen molar-refractivity contribution in [2.45, 2.75) is 32.5 Å². The van der Waals surface area contributed by atoms with Gasteiger partial charge in [0.05, 0.1) is 18.0 Å². The van der Waals surface area contributed by atoms with Crippen molar-refractivity contribution >= 4 is 23.4 Å². The smallest absolute Gasteiger partial charge is 0.233 e. The maximum absolute atomic E-state index is 12.9. The molecule has 2 heterocycles. The van der Waals surface area contributed by atoms with Crippen molar-refractivity contribution < 1.29 is 9.53 Å². The first-order chi connectivity index (χ1) is 16.1. The molecule has 0 radical (unpaired) electrons. The number of hydrogen-bond donors (Lipinski definition) is 0. The summed E-state index contributed by atoms with van der Waals surface area (Å²) in [5.41, 5.74) is 3.33. The van der Waals surface area contributed by atoms with Crippen molar-refractivity contribution in [1.82, 2.24) is 19.7 Å². The van der Waals surface area contributed by atoms with E-state index in [0.29, 0.717) is 25.4 Å². The fraction of sp³-hybridized carbons (Fsp3) is 0.400. The van der Waals surface area contributed by atoms with Gasteiger partial charge in [-0.1, -0.05) is 47.7 Å². The first kappa shape index (κ1) is 23.2. The molecule has 7 nitrogen and oxygen atoms in total. The topological polar surface area (TPSA) is 63.5 Å². The summed E-state index contributed by atoms with van der Waals surface area (Å²) in [6.07, 6.45) is 0. The van der Waals surface area contributed by atoms with Gasteiger partial charge in [-0.05, 0) is 39.0 Å². The van der Waals surface area contributed by atoms with E-state index in [1.54, 1.807) is 0 Å². The first-order valence-corrected chi connectivity index (χ1v) is 12.5. The minimum absolute atomic E-state index is 0.139. The van der Waals surface area contributed by atoms with Crippen molar-refractivity contribution in [3.8, 4) is 17.1 Å². The molecule has 4 rings (SSSR count). The van der Waals surface area contributed by atoms with Crippen molar-refractivity contribution in [3.05, 3.63) is 54.1 Å². The van der Waals surface area contributed by atoms with Gasteiger partial charge in [0.1, 0.15) is 5.75 Å². The predicted molar refractivity (Wildman–Crippen MR) is 133 cm³/mol. The summed E-state index contributed by atoms with van der Waals surface area (Å²) in [7, 11) is 0. The van der Waals surface area contributed by atoms with E-state index in [2.05, 4.69) is 51.7 Å². The second-order valence-electron chi connectivity index (χ2n) is 7.98. The van der Waals surface area contributed by atoms with Gasteiger partial charge in [0.2, 0.25) is 5.91 Å². The highest BCUT2D eigenvalue weighted by Gasteiger charge is 2.24. The molecule has 1 amide bonds. The molecule has 174 valence electrons. The van der Waals surface area contributed by atoms with Crippen LogP contribution < -0.4 is 9.64 Å². The molecular weight excluding hydrogens is 434 g/mol. The number of nitrogens with zero attached hydrogens (tertiary/aromatic N) is 5. The van der Waals surface area contributed by atoms with Crippen LogP contribution >= 0.6 is 11.8 Å². The highest BCUT2D eigenvalue weighted by atomic mass is 32.2. The number of piperazine rings is 1. The van der Waals surface area contributed by atoms with Crippen molar-refractivity contribution in [1.29, 1.82) is 0 Å². The molecule has 0 unspecified atom stereocenters. The Balaban J connectivity index is 1.35. The Morgan fingerprint density at radius 3 is 2.55 bits per heavy atom. The second kappa shape index (κ2) is 10.7. The van der Waals surface area contributed by atoms with Gasteiger partial charge in [-0.2, -0.15) is 0 Å². The molecule has 2 aromatic carbocycles. The fourth-order valence-electron chi connectivity index (χ4n) is 4.09. The average Bonchev–Trinajstić information content (AvgIpc) is 3.26. The van der Waals surface area contributed by atoms with E-state index in [0.717, 1.165) is 47.6 Å². The molecule has 8 heteroatoms. The van der Waals surface area contributed by atoms with E-state index >= 15 is 0 Å². The Bertz CT molecular complexity index is 1090. The van der Waals surface area contributed by atoms with Gasteiger partial charge in [0, 0.05) is 38.3 Å². The number of carbonyl (C=O) groups is 1. The zero-order valence-electron chi connectivity index (χ0n) is 19.5. The Hall–Kier alpha value is -3.00. The molecule has 0 saturated carbocycles. The molecule has 3 aromatic rings. The maximum Gasteiger partial charge on any atom is 0.233 e. The lowest BCUT2D eigenvalue weighted by molar-refractivity contribution is -0.128. The lowest BCUT2D eigenvalue weighted by Gasteiger charge is -2.36. The first-order valence-electron chi connectivity index (χ1n) is 11.5. The van der Waals surface area contributed by atoms with Crippen LogP contribution in [-0.2, 0) is 11.3 Å². The number of rotatable bonds is 8. The zero-order valence-corrected chi connectivity index (χ0v) is 20.3. The summed E-state index contributed by atoms with van der Waals surface area (Å²) < 4.78 is 7.85. The number of carbonyl (C=O) groups excluding carboxylic acids is 1. The SMILES string of the molecule is CCOc1ccccc1N1CCN(C(=O)CSc2nnc(-c3cccc(C)c3)n2CC)CC1. The van der Waals surface area contributed by atoms with E-state index in [9.17, 15) is 4.79 Å². The number of anilines is 1. The number of ether oxygens (including phenoxy) is 1. The molecule has 0 spiro atoms. The van der Waals surface area contributed by atoms with Crippen molar-refractivity contribution in [3.63, 3.8) is 0 Å². The molecule has 0 N–H and O–H groups in total. The van der Waals surface area contributed by atoms with Crippen LogP contribution in [0.2, 0.25) is 0 Å². The third kappa shape index (κ3) is 5.33. The van der Waals surface area contributed by atoms with Crippen LogP contribution in [0.15, 0.2) is 53.7 Å². The second-order valence-corrected chi connectivity index (χ2v) is 8.92. The van der Waals surface area contributed by atoms with E-state index in [4.69, 9.17) is 4.74 Å². The lowest BCUT2D eigenvalue weighted by atomic mass is 10.1. The summed E-state index contributed by atoms with van der Waals surface area (Å²) in [5.74, 6) is 2.25. The van der Waals surface area contributed by atoms with Crippen LogP contribution in [0.3, 0.4) is 0 Å². The largest absolute Gasteiger partial charge is 0.492 e. The van der Waals surface area contributed by atoms with Gasteiger partial charge in [-0.3, -0.25) is 4.79 Å². The molecule has 1 saturated heterocycles. The summed E-state index contributed by atoms with van der Waals surface area (Å²) >= 11 is 1.46. The van der Waals surface area contributed by atoms with Crippen molar-refractivity contribution in [2.75, 3.05) is 43.4 Å². The standard InChI is InChI=1S/C25H31N5O2S/c1-4-30-24(20-10-8-9-19(3)17-20)26-27-25(30)33-18-23(31)29-15-13-28(14-16-29)21-11-6-7-12-22(21)32-5-2/h6-12,17H,4-5,13-16,18H2,1-3H3. The minimum Gasteiger partial charge on any atom is -0.492 e. The average molecular weight is 466 g/mol. The highest BCUT2D eigenvalue weighted by Crippen LogP contribution is 2.29. The quantitative estimate of drug-likeness (QED) is 0.467. The summed E-state index contributed by atoms with van der Waals surface area (Å²) in [4.78, 5) is 17.2. The molecule has 1 aromatic heterocycles. The molecule has 1 aliphatic rings. The number of aryl methyl sites for hydroxylation is 1. The zero-order chi connectivity index (χ0) is 23.2. The third-order valence-electron chi connectivity index (χ3n) is 5.77. The molecule has 33 heavy (non-hydrogen) atoms. The van der Waals surface area contributed by atoms with Crippen molar-refractivity contribution in [2.24, 2.45) is 0 Å². The molecule has 0 atom stereocenters. The number of para-hydroxylation sites is 2. The summed E-state index contributed by atoms with van der Waals surface area (Å²) in [6, 6.07) is 16.4. The van der Waals surface area contributed by atoms with E-state index in [1.807, 2.05) is 42.2 Å². The molecule has 1 fully saturated rings. The Labute approximate surface area is 199 Å². The fourth-order valence-corrected chi connectivity index (χ4v) is 4.99. The number of aromatic nitrogens is 3. The third-order valence-corrected chi connectivity index (χ3v) is 6.72. The number of hydrogen-bond acceptors (Lipinski definition) is 6. The predicted octanol–water partition coefficient (Wildman–Crippen LogP) is 4.11. The monoisotopic (exact) mass is 465 g/mol. The normalized spacial score (nSPS) is 13.9. The van der Waals surface area contributed by atoms with E-state index in [1.165, 1.54) is 17.3 Å². The Morgan fingerprint density at radius 2 is 1.82 bits per heavy atom. The maximum atomic E-state index is 12.9. The van der Waals surface area contributed by atoms with Gasteiger partial charge in [0.15, 0.2) is 11.0 Å². The van der Waals surface area contributed by atoms with Gasteiger partial charge in [0.25, 0.3) is 0 Å². The van der Waals surface area contributed by atoms with E-state index in [-0.39, 0.29) is 5.91 Å². The minimum atomic E-state index is 0.139. The molecule has 1 aliphatic heterocycles. The van der Waals surface area contributed by atoms with Gasteiger partial charge >= 0.3 is 0 Å². The highest BCUT2D eigenvalue weighted by molar-refractivity contribution is 7.99. The molecule has 0 aliphatic carbocycles. The number of benzene rings is 2. The van der Waals surface area contributed by atoms with Crippen LogP contribution in [0, 0.1) is 6.92 Å². The summed E-state index contributed by atoms with van der Waals surface area (Å²) in [6.45, 7) is 10.5. The molecular formula is C25H31N5O2S. The Kier molecular flexibility index (Phi) is 7.54. The number of amides is 1. The van der Waals surface area contributed by atoms with Gasteiger partial charge < -0.3 is 19.1 Å². The van der Waals surface area contributed by atoms with Gasteiger partial charge in [-0.15, -0.1) is 10.2 Å². The number of thioether (sulfide) groups is 1. The van der Waals surface area contributed by atoms with Crippen LogP contribution in [0.25, 0.3) is 11.4 Å². The lowest BCUT2D eigenvalue weighted by Crippen LogP contribution is -2.49. The van der Waals surface area contributed by atoms with E-state index < -0.39 is 0 Å². The van der Waals surface area contributed by atoms with Crippen LogP contribution in [0.4, 0.5) is 5.69 Å².